The predicted molar refractivity (Wildman–Crippen MR) is 130 cm³/mol. The molecule has 0 aliphatic rings. The van der Waals surface area contributed by atoms with Crippen LogP contribution >= 0.6 is 23.2 Å². The zero-order chi connectivity index (χ0) is 24.7. The topological polar surface area (TPSA) is 115 Å². The number of nitro groups is 1. The fourth-order valence-electron chi connectivity index (χ4n) is 3.28. The van der Waals surface area contributed by atoms with Crippen LogP contribution < -0.4 is 3.71 Å². The van der Waals surface area contributed by atoms with Crippen molar-refractivity contribution in [3.05, 3.63) is 105 Å². The van der Waals surface area contributed by atoms with Gasteiger partial charge in [-0.15, -0.1) is 0 Å². The maximum absolute atomic E-state index is 13.7. The Kier molecular flexibility index (Phi) is 6.26. The molecule has 4 rings (SSSR count). The largest absolute Gasteiger partial charge is 0.289 e. The fourth-order valence-corrected chi connectivity index (χ4v) is 7.34. The summed E-state index contributed by atoms with van der Waals surface area (Å²) in [5.74, 6) is 0. The predicted octanol–water partition coefficient (Wildman–Crippen LogP) is 5.64. The van der Waals surface area contributed by atoms with Gasteiger partial charge in [0.2, 0.25) is 0 Å². The van der Waals surface area contributed by atoms with Crippen LogP contribution in [0.25, 0.3) is 10.8 Å². The van der Waals surface area contributed by atoms with Crippen LogP contribution in [0.1, 0.15) is 0 Å². The normalized spacial score (nSPS) is 11.9. The quantitative estimate of drug-likeness (QED) is 0.232. The molecule has 4 aromatic carbocycles. The highest BCUT2D eigenvalue weighted by Crippen LogP contribution is 2.35. The number of halogens is 2. The first-order valence-corrected chi connectivity index (χ1v) is 13.1. The SMILES string of the molecule is O=[N+]([O-])c1cc(S(=O)(=O)N(c2ccc(Cl)cc2)S(=O)(=O)c2ccc3ccccc3c2)ccc1Cl. The molecule has 4 aromatic rings. The van der Waals surface area contributed by atoms with Crippen LogP contribution in [0, 0.1) is 10.1 Å². The molecule has 0 saturated heterocycles. The van der Waals surface area contributed by atoms with E-state index in [4.69, 9.17) is 23.2 Å². The summed E-state index contributed by atoms with van der Waals surface area (Å²) < 4.78 is 54.9. The molecule has 8 nitrogen and oxygen atoms in total. The summed E-state index contributed by atoms with van der Waals surface area (Å²) >= 11 is 11.7. The Morgan fingerprint density at radius 3 is 1.88 bits per heavy atom. The molecule has 0 amide bonds. The highest BCUT2D eigenvalue weighted by molar-refractivity contribution is 8.10. The third kappa shape index (κ3) is 4.32. The highest BCUT2D eigenvalue weighted by Gasteiger charge is 2.38. The molecule has 12 heteroatoms. The molecule has 0 heterocycles. The molecule has 0 N–H and O–H groups in total. The molecule has 0 aromatic heterocycles. The van der Waals surface area contributed by atoms with Crippen molar-refractivity contribution < 1.29 is 21.8 Å². The number of rotatable bonds is 6. The van der Waals surface area contributed by atoms with Crippen molar-refractivity contribution in [3.8, 4) is 0 Å². The third-order valence-corrected chi connectivity index (χ3v) is 9.65. The number of nitro benzene ring substituents is 1. The summed E-state index contributed by atoms with van der Waals surface area (Å²) in [7, 11) is -9.57. The second-order valence-corrected chi connectivity index (χ2v) is 11.7. The van der Waals surface area contributed by atoms with Crippen molar-refractivity contribution in [1.29, 1.82) is 0 Å². The maximum atomic E-state index is 13.7. The Labute approximate surface area is 205 Å². The molecule has 0 unspecified atom stereocenters. The molecular weight excluding hydrogens is 523 g/mol. The lowest BCUT2D eigenvalue weighted by molar-refractivity contribution is -0.384. The lowest BCUT2D eigenvalue weighted by Gasteiger charge is -2.24. The molecule has 0 saturated carbocycles. The van der Waals surface area contributed by atoms with Crippen LogP contribution in [0.4, 0.5) is 11.4 Å². The Morgan fingerprint density at radius 2 is 1.26 bits per heavy atom. The Morgan fingerprint density at radius 1 is 0.706 bits per heavy atom. The van der Waals surface area contributed by atoms with Crippen molar-refractivity contribution in [2.75, 3.05) is 3.71 Å². The van der Waals surface area contributed by atoms with E-state index in [-0.39, 0.29) is 24.3 Å². The van der Waals surface area contributed by atoms with Crippen LogP contribution in [0.15, 0.2) is 94.7 Å². The van der Waals surface area contributed by atoms with E-state index in [9.17, 15) is 26.9 Å². The van der Waals surface area contributed by atoms with Gasteiger partial charge in [-0.1, -0.05) is 53.5 Å². The van der Waals surface area contributed by atoms with E-state index in [1.54, 1.807) is 30.3 Å². The molecule has 0 aliphatic heterocycles. The Bertz CT molecular complexity index is 1640. The van der Waals surface area contributed by atoms with Gasteiger partial charge in [0.15, 0.2) is 0 Å². The average molecular weight is 537 g/mol. The van der Waals surface area contributed by atoms with Gasteiger partial charge in [0.05, 0.1) is 20.4 Å². The van der Waals surface area contributed by atoms with Gasteiger partial charge in [-0.05, 0) is 59.3 Å². The lowest BCUT2D eigenvalue weighted by Crippen LogP contribution is -2.37. The summed E-state index contributed by atoms with van der Waals surface area (Å²) in [6.45, 7) is 0. The second kappa shape index (κ2) is 8.88. The Hall–Kier alpha value is -3.18. The van der Waals surface area contributed by atoms with Crippen LogP contribution in [-0.4, -0.2) is 21.8 Å². The minimum absolute atomic E-state index is 0.227. The van der Waals surface area contributed by atoms with Gasteiger partial charge >= 0.3 is 0 Å². The van der Waals surface area contributed by atoms with E-state index in [0.717, 1.165) is 23.6 Å². The van der Waals surface area contributed by atoms with Crippen molar-refractivity contribution in [2.24, 2.45) is 0 Å². The molecule has 0 spiro atoms. The van der Waals surface area contributed by atoms with Crippen LogP contribution in [0.2, 0.25) is 10.0 Å². The zero-order valence-electron chi connectivity index (χ0n) is 17.0. The average Bonchev–Trinajstić information content (AvgIpc) is 2.80. The zero-order valence-corrected chi connectivity index (χ0v) is 20.1. The van der Waals surface area contributed by atoms with E-state index in [1.807, 2.05) is 0 Å². The monoisotopic (exact) mass is 536 g/mol. The third-order valence-electron chi connectivity index (χ3n) is 4.91. The van der Waals surface area contributed by atoms with Crippen LogP contribution in [0.3, 0.4) is 0 Å². The van der Waals surface area contributed by atoms with Crippen molar-refractivity contribution in [3.63, 3.8) is 0 Å². The summed E-state index contributed by atoms with van der Waals surface area (Å²) in [4.78, 5) is 9.54. The molecule has 0 fully saturated rings. The van der Waals surface area contributed by atoms with Gasteiger partial charge in [0.25, 0.3) is 25.7 Å². The maximum Gasteiger partial charge on any atom is 0.289 e. The minimum Gasteiger partial charge on any atom is -0.258 e. The van der Waals surface area contributed by atoms with Gasteiger partial charge < -0.3 is 0 Å². The molecule has 0 bridgehead atoms. The minimum atomic E-state index is -4.86. The van der Waals surface area contributed by atoms with E-state index in [1.165, 1.54) is 36.4 Å². The smallest absolute Gasteiger partial charge is 0.258 e. The molecule has 0 atom stereocenters. The number of benzene rings is 4. The highest BCUT2D eigenvalue weighted by atomic mass is 35.5. The number of hydrogen-bond acceptors (Lipinski definition) is 6. The molecule has 0 radical (unpaired) electrons. The Balaban J connectivity index is 1.96. The number of nitrogens with zero attached hydrogens (tertiary/aromatic N) is 2. The molecule has 34 heavy (non-hydrogen) atoms. The summed E-state index contributed by atoms with van der Waals surface area (Å²) in [5.41, 5.74) is -0.905. The molecule has 174 valence electrons. The fraction of sp³-hybridized carbons (Fsp3) is 0. The van der Waals surface area contributed by atoms with E-state index < -0.39 is 35.6 Å². The lowest BCUT2D eigenvalue weighted by atomic mass is 10.1. The van der Waals surface area contributed by atoms with Crippen molar-refractivity contribution >= 4 is 65.4 Å². The molecular formula is C22H14Cl2N2O6S2. The van der Waals surface area contributed by atoms with E-state index >= 15 is 0 Å². The van der Waals surface area contributed by atoms with Gasteiger partial charge in [0.1, 0.15) is 5.02 Å². The molecule has 0 aliphatic carbocycles. The summed E-state index contributed by atoms with van der Waals surface area (Å²) in [5, 5.41) is 12.6. The van der Waals surface area contributed by atoms with Crippen LogP contribution in [-0.2, 0) is 20.0 Å². The first-order valence-electron chi connectivity index (χ1n) is 9.51. The summed E-state index contributed by atoms with van der Waals surface area (Å²) in [6, 6.07) is 19.0. The first-order chi connectivity index (χ1) is 16.0. The number of sulfonamides is 2. The standard InChI is InChI=1S/C22H14Cl2N2O6S2/c23-17-6-8-18(9-7-17)26(34(31,32)20-11-12-21(24)22(14-20)25(27)28)33(29,30)19-10-5-15-3-1-2-4-16(15)13-19/h1-14H. The van der Waals surface area contributed by atoms with E-state index in [0.29, 0.717) is 5.39 Å². The van der Waals surface area contributed by atoms with Crippen LogP contribution in [0.5, 0.6) is 0 Å². The van der Waals surface area contributed by atoms with E-state index in [2.05, 4.69) is 0 Å². The first kappa shape index (κ1) is 24.0. The van der Waals surface area contributed by atoms with Gasteiger partial charge in [-0.3, -0.25) is 10.1 Å². The summed E-state index contributed by atoms with van der Waals surface area (Å²) in [6.07, 6.45) is 0. The number of anilines is 1. The van der Waals surface area contributed by atoms with Gasteiger partial charge in [0, 0.05) is 11.1 Å². The number of fused-ring (bicyclic) bond motifs is 1. The van der Waals surface area contributed by atoms with Gasteiger partial charge in [-0.25, -0.2) is 16.8 Å². The second-order valence-electron chi connectivity index (χ2n) is 7.06. The number of hydrogen-bond donors (Lipinski definition) is 0. The van der Waals surface area contributed by atoms with Gasteiger partial charge in [-0.2, -0.15) is 3.71 Å². The van der Waals surface area contributed by atoms with Crippen molar-refractivity contribution in [1.82, 2.24) is 0 Å². The van der Waals surface area contributed by atoms with Crippen molar-refractivity contribution in [2.45, 2.75) is 9.79 Å².